The van der Waals surface area contributed by atoms with E-state index in [-0.39, 0.29) is 37.6 Å². The van der Waals surface area contributed by atoms with Crippen LogP contribution in [0.1, 0.15) is 36.7 Å². The average molecular weight is 419 g/mol. The van der Waals surface area contributed by atoms with Gasteiger partial charge in [-0.05, 0) is 57.7 Å². The Hall–Kier alpha value is -2.77. The first-order valence-corrected chi connectivity index (χ1v) is 10.1. The molecule has 1 saturated heterocycles. The SMILES string of the molecule is CCOC(=O)[C@]1(Cc2ccc(F)cc2F)CCCN(C(=O)Cn2nc(C)cc2C)C1. The lowest BCUT2D eigenvalue weighted by molar-refractivity contribution is -0.161. The number of benzene rings is 1. The number of hydrogen-bond donors (Lipinski definition) is 0. The molecule has 1 aliphatic heterocycles. The smallest absolute Gasteiger partial charge is 0.314 e. The molecule has 2 aromatic rings. The van der Waals surface area contributed by atoms with Crippen molar-refractivity contribution in [3.05, 3.63) is 52.9 Å². The minimum Gasteiger partial charge on any atom is -0.466 e. The lowest BCUT2D eigenvalue weighted by Crippen LogP contribution is -2.52. The number of rotatable bonds is 6. The molecule has 0 unspecified atom stereocenters. The molecule has 2 heterocycles. The summed E-state index contributed by atoms with van der Waals surface area (Å²) in [6.07, 6.45) is 1.10. The number of carbonyl (C=O) groups is 2. The monoisotopic (exact) mass is 419 g/mol. The number of aromatic nitrogens is 2. The number of nitrogens with zero attached hydrogens (tertiary/aromatic N) is 3. The van der Waals surface area contributed by atoms with Gasteiger partial charge in [-0.15, -0.1) is 0 Å². The largest absolute Gasteiger partial charge is 0.466 e. The molecule has 0 aliphatic carbocycles. The van der Waals surface area contributed by atoms with Crippen molar-refractivity contribution in [2.24, 2.45) is 5.41 Å². The second kappa shape index (κ2) is 8.93. The van der Waals surface area contributed by atoms with E-state index < -0.39 is 23.0 Å². The Balaban J connectivity index is 1.84. The summed E-state index contributed by atoms with van der Waals surface area (Å²) < 4.78 is 34.6. The Labute approximate surface area is 174 Å². The van der Waals surface area contributed by atoms with E-state index >= 15 is 0 Å². The van der Waals surface area contributed by atoms with Crippen molar-refractivity contribution < 1.29 is 23.1 Å². The van der Waals surface area contributed by atoms with Crippen LogP contribution in [0.2, 0.25) is 0 Å². The van der Waals surface area contributed by atoms with Gasteiger partial charge in [-0.1, -0.05) is 6.07 Å². The fraction of sp³-hybridized carbons (Fsp3) is 0.500. The number of halogens is 2. The molecule has 30 heavy (non-hydrogen) atoms. The minimum atomic E-state index is -1.07. The van der Waals surface area contributed by atoms with E-state index in [1.165, 1.54) is 12.1 Å². The van der Waals surface area contributed by atoms with Crippen LogP contribution in [-0.2, 0) is 27.3 Å². The maximum absolute atomic E-state index is 14.3. The van der Waals surface area contributed by atoms with Crippen molar-refractivity contribution in [2.75, 3.05) is 19.7 Å². The molecule has 1 amide bonds. The number of amides is 1. The summed E-state index contributed by atoms with van der Waals surface area (Å²) in [7, 11) is 0. The fourth-order valence-corrected chi connectivity index (χ4v) is 4.10. The van der Waals surface area contributed by atoms with Crippen LogP contribution in [0.5, 0.6) is 0 Å². The molecule has 1 aliphatic rings. The quantitative estimate of drug-likeness (QED) is 0.675. The van der Waals surface area contributed by atoms with Crippen LogP contribution in [0.3, 0.4) is 0 Å². The van der Waals surface area contributed by atoms with E-state index in [4.69, 9.17) is 4.74 Å². The highest BCUT2D eigenvalue weighted by atomic mass is 19.1. The van der Waals surface area contributed by atoms with E-state index in [0.717, 1.165) is 17.5 Å². The maximum atomic E-state index is 14.3. The van der Waals surface area contributed by atoms with Crippen LogP contribution in [-0.4, -0.2) is 46.3 Å². The lowest BCUT2D eigenvalue weighted by atomic mass is 9.75. The third kappa shape index (κ3) is 4.68. The first-order valence-electron chi connectivity index (χ1n) is 10.1. The third-order valence-electron chi connectivity index (χ3n) is 5.57. The van der Waals surface area contributed by atoms with Gasteiger partial charge in [0.15, 0.2) is 0 Å². The number of ether oxygens (including phenoxy) is 1. The Morgan fingerprint density at radius 3 is 2.63 bits per heavy atom. The molecule has 3 rings (SSSR count). The minimum absolute atomic E-state index is 0.0433. The Bertz CT molecular complexity index is 944. The molecule has 0 bridgehead atoms. The van der Waals surface area contributed by atoms with Crippen molar-refractivity contribution in [2.45, 2.75) is 46.6 Å². The third-order valence-corrected chi connectivity index (χ3v) is 5.57. The summed E-state index contributed by atoms with van der Waals surface area (Å²) in [5.74, 6) is -2.00. The van der Waals surface area contributed by atoms with Crippen LogP contribution in [0.25, 0.3) is 0 Å². The van der Waals surface area contributed by atoms with Crippen LogP contribution in [0.4, 0.5) is 8.78 Å². The van der Waals surface area contributed by atoms with Crippen molar-refractivity contribution in [1.82, 2.24) is 14.7 Å². The van der Waals surface area contributed by atoms with Crippen molar-refractivity contribution in [3.8, 4) is 0 Å². The highest BCUT2D eigenvalue weighted by Gasteiger charge is 2.45. The van der Waals surface area contributed by atoms with Gasteiger partial charge in [0.25, 0.3) is 0 Å². The normalized spacial score (nSPS) is 19.0. The van der Waals surface area contributed by atoms with Crippen molar-refractivity contribution in [3.63, 3.8) is 0 Å². The summed E-state index contributed by atoms with van der Waals surface area (Å²) in [6.45, 7) is 6.34. The summed E-state index contributed by atoms with van der Waals surface area (Å²) in [6, 6.07) is 5.22. The molecule has 1 atom stereocenters. The number of piperidine rings is 1. The van der Waals surface area contributed by atoms with Gasteiger partial charge in [0.1, 0.15) is 18.2 Å². The van der Waals surface area contributed by atoms with Gasteiger partial charge in [-0.2, -0.15) is 5.10 Å². The zero-order valence-corrected chi connectivity index (χ0v) is 17.6. The summed E-state index contributed by atoms with van der Waals surface area (Å²) in [5.41, 5.74) is 0.865. The number of carbonyl (C=O) groups excluding carboxylic acids is 2. The molecular formula is C22H27F2N3O3. The summed E-state index contributed by atoms with van der Waals surface area (Å²) in [5, 5.41) is 4.33. The highest BCUT2D eigenvalue weighted by Crippen LogP contribution is 2.36. The molecule has 1 aromatic heterocycles. The lowest BCUT2D eigenvalue weighted by Gasteiger charge is -2.41. The number of esters is 1. The fourth-order valence-electron chi connectivity index (χ4n) is 4.10. The number of likely N-dealkylation sites (tertiary alicyclic amines) is 1. The molecule has 8 heteroatoms. The van der Waals surface area contributed by atoms with Gasteiger partial charge in [0.05, 0.1) is 17.7 Å². The van der Waals surface area contributed by atoms with Gasteiger partial charge >= 0.3 is 5.97 Å². The van der Waals surface area contributed by atoms with Crippen LogP contribution in [0, 0.1) is 30.9 Å². The number of aryl methyl sites for hydroxylation is 2. The molecule has 1 fully saturated rings. The molecule has 162 valence electrons. The zero-order valence-electron chi connectivity index (χ0n) is 17.6. The topological polar surface area (TPSA) is 64.4 Å². The van der Waals surface area contributed by atoms with E-state index in [9.17, 15) is 18.4 Å². The molecular weight excluding hydrogens is 392 g/mol. The van der Waals surface area contributed by atoms with Crippen LogP contribution in [0.15, 0.2) is 24.3 Å². The second-order valence-electron chi connectivity index (χ2n) is 7.92. The molecule has 0 radical (unpaired) electrons. The Kier molecular flexibility index (Phi) is 6.53. The Morgan fingerprint density at radius 2 is 2.00 bits per heavy atom. The first-order chi connectivity index (χ1) is 14.2. The molecule has 0 saturated carbocycles. The van der Waals surface area contributed by atoms with Gasteiger partial charge in [0, 0.05) is 24.8 Å². The van der Waals surface area contributed by atoms with E-state index in [2.05, 4.69) is 5.10 Å². The van der Waals surface area contributed by atoms with E-state index in [0.29, 0.717) is 19.4 Å². The van der Waals surface area contributed by atoms with Gasteiger partial charge in [0.2, 0.25) is 5.91 Å². The zero-order chi connectivity index (χ0) is 21.9. The summed E-state index contributed by atoms with van der Waals surface area (Å²) in [4.78, 5) is 27.5. The summed E-state index contributed by atoms with van der Waals surface area (Å²) >= 11 is 0. The Morgan fingerprint density at radius 1 is 1.23 bits per heavy atom. The van der Waals surface area contributed by atoms with Crippen molar-refractivity contribution >= 4 is 11.9 Å². The van der Waals surface area contributed by atoms with Gasteiger partial charge in [-0.3, -0.25) is 14.3 Å². The van der Waals surface area contributed by atoms with Gasteiger partial charge < -0.3 is 9.64 Å². The maximum Gasteiger partial charge on any atom is 0.314 e. The highest BCUT2D eigenvalue weighted by molar-refractivity contribution is 5.81. The van der Waals surface area contributed by atoms with Crippen LogP contribution < -0.4 is 0 Å². The first kappa shape index (κ1) is 21.9. The van der Waals surface area contributed by atoms with Crippen molar-refractivity contribution in [1.29, 1.82) is 0 Å². The average Bonchev–Trinajstić information content (AvgIpc) is 3.01. The molecule has 0 spiro atoms. The van der Waals surface area contributed by atoms with Crippen LogP contribution >= 0.6 is 0 Å². The van der Waals surface area contributed by atoms with E-state index in [1.54, 1.807) is 16.5 Å². The van der Waals surface area contributed by atoms with E-state index in [1.807, 2.05) is 19.9 Å². The standard InChI is InChI=1S/C22H27F2N3O3/c1-4-30-21(29)22(12-17-6-7-18(23)11-19(17)24)8-5-9-26(14-22)20(28)13-27-16(3)10-15(2)25-27/h6-7,10-11H,4-5,8-9,12-14H2,1-3H3/t22-/m0/s1. The second-order valence-corrected chi connectivity index (χ2v) is 7.92. The number of hydrogen-bond acceptors (Lipinski definition) is 4. The molecule has 1 aromatic carbocycles. The predicted octanol–water partition coefficient (Wildman–Crippen LogP) is 3.19. The molecule has 0 N–H and O–H groups in total. The molecule has 6 nitrogen and oxygen atoms in total. The predicted molar refractivity (Wildman–Crippen MR) is 107 cm³/mol. The van der Waals surface area contributed by atoms with Gasteiger partial charge in [-0.25, -0.2) is 8.78 Å².